The number of nitrogens with one attached hydrogen (secondary N) is 2. The van der Waals surface area contributed by atoms with E-state index in [9.17, 15) is 8.78 Å². The van der Waals surface area contributed by atoms with Gasteiger partial charge in [-0.15, -0.1) is 0 Å². The molecule has 0 atom stereocenters. The Morgan fingerprint density at radius 1 is 1.00 bits per heavy atom. The summed E-state index contributed by atoms with van der Waals surface area (Å²) in [5.41, 5.74) is 1.73. The SMILES string of the molecule is Fc1ccc(C2(CNC(=S)Nc3cccc(F)c3)CCCC2)cc1. The molecular weight excluding hydrogens is 326 g/mol. The predicted octanol–water partition coefficient (Wildman–Crippen LogP) is 4.76. The topological polar surface area (TPSA) is 24.1 Å². The van der Waals surface area contributed by atoms with Gasteiger partial charge in [0, 0.05) is 17.6 Å². The van der Waals surface area contributed by atoms with Crippen LogP contribution in [-0.2, 0) is 5.41 Å². The molecule has 2 aromatic carbocycles. The van der Waals surface area contributed by atoms with Crippen molar-refractivity contribution in [3.8, 4) is 0 Å². The molecule has 3 rings (SSSR count). The molecule has 1 saturated carbocycles. The molecular formula is C19H20F2N2S. The van der Waals surface area contributed by atoms with E-state index in [0.29, 0.717) is 17.3 Å². The van der Waals surface area contributed by atoms with Gasteiger partial charge in [0.25, 0.3) is 0 Å². The van der Waals surface area contributed by atoms with Crippen LogP contribution >= 0.6 is 12.2 Å². The molecule has 0 aliphatic heterocycles. The van der Waals surface area contributed by atoms with Crippen molar-refractivity contribution in [3.63, 3.8) is 0 Å². The monoisotopic (exact) mass is 346 g/mol. The zero-order valence-electron chi connectivity index (χ0n) is 13.3. The Morgan fingerprint density at radius 2 is 1.71 bits per heavy atom. The van der Waals surface area contributed by atoms with Crippen molar-refractivity contribution in [1.29, 1.82) is 0 Å². The first-order valence-corrected chi connectivity index (χ1v) is 8.55. The Bertz CT molecular complexity index is 710. The fourth-order valence-electron chi connectivity index (χ4n) is 3.41. The summed E-state index contributed by atoms with van der Waals surface area (Å²) >= 11 is 5.33. The van der Waals surface area contributed by atoms with Crippen LogP contribution in [0.3, 0.4) is 0 Å². The van der Waals surface area contributed by atoms with Crippen LogP contribution in [0, 0.1) is 11.6 Å². The largest absolute Gasteiger partial charge is 0.362 e. The number of hydrogen-bond acceptors (Lipinski definition) is 1. The smallest absolute Gasteiger partial charge is 0.170 e. The Hall–Kier alpha value is -2.01. The number of anilines is 1. The van der Waals surface area contributed by atoms with Crippen LogP contribution in [0.4, 0.5) is 14.5 Å². The Balaban J connectivity index is 1.66. The molecule has 0 bridgehead atoms. The first-order chi connectivity index (χ1) is 11.6. The van der Waals surface area contributed by atoms with Gasteiger partial charge in [-0.25, -0.2) is 8.78 Å². The quantitative estimate of drug-likeness (QED) is 0.780. The molecule has 1 aliphatic carbocycles. The van der Waals surface area contributed by atoms with E-state index in [1.165, 1.54) is 24.3 Å². The number of benzene rings is 2. The van der Waals surface area contributed by atoms with Gasteiger partial charge in [-0.05, 0) is 61.0 Å². The van der Waals surface area contributed by atoms with Crippen LogP contribution in [0.15, 0.2) is 48.5 Å². The maximum Gasteiger partial charge on any atom is 0.170 e. The standard InChI is InChI=1S/C19H20F2N2S/c20-15-8-6-14(7-9-15)19(10-1-2-11-19)13-22-18(24)23-17-5-3-4-16(21)12-17/h3-9,12H,1-2,10-11,13H2,(H2,22,23,24). The summed E-state index contributed by atoms with van der Waals surface area (Å²) in [6, 6.07) is 13.0. The number of rotatable bonds is 4. The first kappa shape index (κ1) is 16.8. The van der Waals surface area contributed by atoms with Crippen molar-refractivity contribution >= 4 is 23.0 Å². The zero-order chi connectivity index (χ0) is 17.0. The van der Waals surface area contributed by atoms with Gasteiger partial charge in [0.1, 0.15) is 11.6 Å². The maximum atomic E-state index is 13.2. The highest BCUT2D eigenvalue weighted by Crippen LogP contribution is 2.40. The summed E-state index contributed by atoms with van der Waals surface area (Å²) in [7, 11) is 0. The van der Waals surface area contributed by atoms with Crippen LogP contribution in [0.5, 0.6) is 0 Å². The third-order valence-electron chi connectivity index (χ3n) is 4.69. The van der Waals surface area contributed by atoms with Crippen molar-refractivity contribution in [2.75, 3.05) is 11.9 Å². The fraction of sp³-hybridized carbons (Fsp3) is 0.316. The van der Waals surface area contributed by atoms with E-state index in [0.717, 1.165) is 31.2 Å². The van der Waals surface area contributed by atoms with Gasteiger partial charge in [-0.2, -0.15) is 0 Å². The lowest BCUT2D eigenvalue weighted by Crippen LogP contribution is -2.40. The summed E-state index contributed by atoms with van der Waals surface area (Å²) in [6.45, 7) is 0.680. The van der Waals surface area contributed by atoms with Crippen molar-refractivity contribution in [3.05, 3.63) is 65.7 Å². The summed E-state index contributed by atoms with van der Waals surface area (Å²) in [5, 5.41) is 6.72. The second-order valence-corrected chi connectivity index (χ2v) is 6.72. The van der Waals surface area contributed by atoms with E-state index >= 15 is 0 Å². The maximum absolute atomic E-state index is 13.2. The highest BCUT2D eigenvalue weighted by molar-refractivity contribution is 7.80. The van der Waals surface area contributed by atoms with E-state index in [2.05, 4.69) is 10.6 Å². The second-order valence-electron chi connectivity index (χ2n) is 6.31. The second kappa shape index (κ2) is 7.26. The minimum Gasteiger partial charge on any atom is -0.362 e. The van der Waals surface area contributed by atoms with Crippen LogP contribution in [0.1, 0.15) is 31.2 Å². The summed E-state index contributed by atoms with van der Waals surface area (Å²) < 4.78 is 26.4. The van der Waals surface area contributed by atoms with Crippen molar-refractivity contribution in [2.24, 2.45) is 0 Å². The average molecular weight is 346 g/mol. The highest BCUT2D eigenvalue weighted by atomic mass is 32.1. The highest BCUT2D eigenvalue weighted by Gasteiger charge is 2.35. The van der Waals surface area contributed by atoms with Crippen molar-refractivity contribution < 1.29 is 8.78 Å². The Labute approximate surface area is 146 Å². The van der Waals surface area contributed by atoms with Gasteiger partial charge in [0.2, 0.25) is 0 Å². The lowest BCUT2D eigenvalue weighted by molar-refractivity contribution is 0.434. The van der Waals surface area contributed by atoms with Gasteiger partial charge in [-0.1, -0.05) is 31.0 Å². The third-order valence-corrected chi connectivity index (χ3v) is 4.93. The minimum atomic E-state index is -0.304. The lowest BCUT2D eigenvalue weighted by atomic mass is 9.79. The molecule has 5 heteroatoms. The molecule has 2 nitrogen and oxygen atoms in total. The van der Waals surface area contributed by atoms with E-state index in [1.807, 2.05) is 12.1 Å². The molecule has 0 heterocycles. The molecule has 1 aliphatic rings. The normalized spacial score (nSPS) is 15.9. The fourth-order valence-corrected chi connectivity index (χ4v) is 3.60. The first-order valence-electron chi connectivity index (χ1n) is 8.14. The van der Waals surface area contributed by atoms with Crippen LogP contribution in [0.25, 0.3) is 0 Å². The van der Waals surface area contributed by atoms with E-state index < -0.39 is 0 Å². The van der Waals surface area contributed by atoms with Gasteiger partial charge in [0.05, 0.1) is 0 Å². The van der Waals surface area contributed by atoms with Crippen LogP contribution in [-0.4, -0.2) is 11.7 Å². The molecule has 126 valence electrons. The molecule has 1 fully saturated rings. The molecule has 0 spiro atoms. The van der Waals surface area contributed by atoms with Gasteiger partial charge in [-0.3, -0.25) is 0 Å². The van der Waals surface area contributed by atoms with E-state index in [4.69, 9.17) is 12.2 Å². The van der Waals surface area contributed by atoms with E-state index in [1.54, 1.807) is 12.1 Å². The number of thiocarbonyl (C=S) groups is 1. The lowest BCUT2D eigenvalue weighted by Gasteiger charge is -2.30. The molecule has 0 amide bonds. The predicted molar refractivity (Wildman–Crippen MR) is 97.2 cm³/mol. The van der Waals surface area contributed by atoms with Crippen LogP contribution in [0.2, 0.25) is 0 Å². The van der Waals surface area contributed by atoms with Gasteiger partial charge in [0.15, 0.2) is 5.11 Å². The number of halogens is 2. The summed E-state index contributed by atoms with van der Waals surface area (Å²) in [6.07, 6.45) is 4.41. The molecule has 2 N–H and O–H groups in total. The zero-order valence-corrected chi connectivity index (χ0v) is 14.1. The van der Waals surface area contributed by atoms with Crippen LogP contribution < -0.4 is 10.6 Å². The summed E-state index contributed by atoms with van der Waals surface area (Å²) in [4.78, 5) is 0. The van der Waals surface area contributed by atoms with E-state index in [-0.39, 0.29) is 17.0 Å². The molecule has 2 aromatic rings. The van der Waals surface area contributed by atoms with Gasteiger partial charge >= 0.3 is 0 Å². The summed E-state index contributed by atoms with van der Waals surface area (Å²) in [5.74, 6) is -0.524. The van der Waals surface area contributed by atoms with Crippen molar-refractivity contribution in [1.82, 2.24) is 5.32 Å². The molecule has 0 aromatic heterocycles. The molecule has 0 saturated heterocycles. The third kappa shape index (κ3) is 3.90. The average Bonchev–Trinajstić information content (AvgIpc) is 3.04. The van der Waals surface area contributed by atoms with Crippen molar-refractivity contribution in [2.45, 2.75) is 31.1 Å². The number of hydrogen-bond donors (Lipinski definition) is 2. The Morgan fingerprint density at radius 3 is 2.38 bits per heavy atom. The molecule has 0 unspecified atom stereocenters. The Kier molecular flexibility index (Phi) is 5.09. The molecule has 24 heavy (non-hydrogen) atoms. The minimum absolute atomic E-state index is 0.0264. The van der Waals surface area contributed by atoms with Gasteiger partial charge < -0.3 is 10.6 Å². The molecule has 0 radical (unpaired) electrons.